The molecule has 1 aromatic carbocycles. The van der Waals surface area contributed by atoms with E-state index in [4.69, 9.17) is 0 Å². The van der Waals surface area contributed by atoms with Crippen LogP contribution in [0.4, 0.5) is 5.69 Å². The van der Waals surface area contributed by atoms with E-state index in [1.807, 2.05) is 29.7 Å². The van der Waals surface area contributed by atoms with Gasteiger partial charge in [0, 0.05) is 17.4 Å². The minimum atomic E-state index is -0.144. The van der Waals surface area contributed by atoms with E-state index in [1.165, 1.54) is 18.4 Å². The summed E-state index contributed by atoms with van der Waals surface area (Å²) < 4.78 is 1.85. The summed E-state index contributed by atoms with van der Waals surface area (Å²) in [5, 5.41) is 11.0. The smallest absolute Gasteiger partial charge is 0.255 e. The second kappa shape index (κ2) is 6.60. The number of amides is 1. The van der Waals surface area contributed by atoms with E-state index in [0.29, 0.717) is 11.2 Å². The number of carbonyl (C=O) groups is 1. The number of carbonyl (C=O) groups excluding carboxylic acids is 1. The first-order chi connectivity index (χ1) is 11.2. The molecule has 5 nitrogen and oxygen atoms in total. The highest BCUT2D eigenvalue weighted by molar-refractivity contribution is 6.04. The van der Waals surface area contributed by atoms with Crippen molar-refractivity contribution in [2.75, 3.05) is 5.32 Å². The summed E-state index contributed by atoms with van der Waals surface area (Å²) in [6.45, 7) is 4.06. The molecule has 2 heterocycles. The molecule has 2 aromatic heterocycles. The van der Waals surface area contributed by atoms with E-state index in [1.54, 1.807) is 12.1 Å². The third kappa shape index (κ3) is 3.39. The summed E-state index contributed by atoms with van der Waals surface area (Å²) >= 11 is 0. The highest BCUT2D eigenvalue weighted by Crippen LogP contribution is 2.14. The fraction of sp³-hybridized carbons (Fsp3) is 0.278. The van der Waals surface area contributed by atoms with Gasteiger partial charge in [0.25, 0.3) is 5.91 Å². The van der Waals surface area contributed by atoms with E-state index in [-0.39, 0.29) is 5.91 Å². The van der Waals surface area contributed by atoms with Crippen LogP contribution in [0.2, 0.25) is 0 Å². The molecule has 0 aliphatic heterocycles. The number of aryl methyl sites for hydroxylation is 2. The third-order valence-corrected chi connectivity index (χ3v) is 3.87. The molecule has 0 atom stereocenters. The van der Waals surface area contributed by atoms with Gasteiger partial charge >= 0.3 is 0 Å². The van der Waals surface area contributed by atoms with Crippen molar-refractivity contribution in [2.45, 2.75) is 33.1 Å². The lowest BCUT2D eigenvalue weighted by Crippen LogP contribution is -2.12. The topological polar surface area (TPSA) is 59.3 Å². The lowest BCUT2D eigenvalue weighted by molar-refractivity contribution is 0.102. The molecule has 118 valence electrons. The summed E-state index contributed by atoms with van der Waals surface area (Å²) in [6.07, 6.45) is 5.26. The van der Waals surface area contributed by atoms with E-state index < -0.39 is 0 Å². The Balaban J connectivity index is 1.72. The number of nitrogens with one attached hydrogen (secondary N) is 1. The minimum absolute atomic E-state index is 0.144. The lowest BCUT2D eigenvalue weighted by Gasteiger charge is -2.07. The quantitative estimate of drug-likeness (QED) is 0.783. The number of benzene rings is 1. The largest absolute Gasteiger partial charge is 0.322 e. The summed E-state index contributed by atoms with van der Waals surface area (Å²) in [4.78, 5) is 12.4. The Labute approximate surface area is 135 Å². The zero-order chi connectivity index (χ0) is 16.2. The van der Waals surface area contributed by atoms with Crippen LogP contribution in [0.3, 0.4) is 0 Å². The van der Waals surface area contributed by atoms with Crippen LogP contribution < -0.4 is 5.32 Å². The molecule has 0 radical (unpaired) electrons. The van der Waals surface area contributed by atoms with Crippen LogP contribution in [0, 0.1) is 6.92 Å². The molecule has 23 heavy (non-hydrogen) atoms. The number of rotatable bonds is 5. The Kier molecular flexibility index (Phi) is 4.37. The highest BCUT2D eigenvalue weighted by atomic mass is 16.1. The molecular weight excluding hydrogens is 288 g/mol. The van der Waals surface area contributed by atoms with Gasteiger partial charge in [0.05, 0.1) is 0 Å². The van der Waals surface area contributed by atoms with Crippen molar-refractivity contribution in [1.82, 2.24) is 14.6 Å². The van der Waals surface area contributed by atoms with Gasteiger partial charge in [-0.25, -0.2) is 0 Å². The highest BCUT2D eigenvalue weighted by Gasteiger charge is 2.09. The van der Waals surface area contributed by atoms with Crippen molar-refractivity contribution in [3.8, 4) is 0 Å². The monoisotopic (exact) mass is 308 g/mol. The molecule has 1 N–H and O–H groups in total. The van der Waals surface area contributed by atoms with Crippen LogP contribution in [0.5, 0.6) is 0 Å². The lowest BCUT2D eigenvalue weighted by atomic mass is 10.1. The number of pyridine rings is 1. The fourth-order valence-corrected chi connectivity index (χ4v) is 2.49. The van der Waals surface area contributed by atoms with Gasteiger partial charge in [-0.05, 0) is 49.6 Å². The second-order valence-electron chi connectivity index (χ2n) is 5.65. The maximum Gasteiger partial charge on any atom is 0.255 e. The Hall–Kier alpha value is -2.69. The maximum absolute atomic E-state index is 12.4. The van der Waals surface area contributed by atoms with Crippen LogP contribution >= 0.6 is 0 Å². The zero-order valence-electron chi connectivity index (χ0n) is 13.4. The molecule has 0 aliphatic rings. The molecule has 3 rings (SSSR count). The molecule has 0 fully saturated rings. The molecular formula is C18H20N4O. The van der Waals surface area contributed by atoms with E-state index in [2.05, 4.69) is 34.6 Å². The Morgan fingerprint density at radius 1 is 1.17 bits per heavy atom. The van der Waals surface area contributed by atoms with Crippen LogP contribution in [-0.4, -0.2) is 20.5 Å². The van der Waals surface area contributed by atoms with Crippen molar-refractivity contribution in [3.05, 3.63) is 59.5 Å². The SMILES string of the molecule is CCCCc1ccc(NC(=O)c2ccn3c(C)nnc3c2)cc1. The molecule has 0 spiro atoms. The summed E-state index contributed by atoms with van der Waals surface area (Å²) in [6, 6.07) is 11.5. The normalized spacial score (nSPS) is 10.9. The van der Waals surface area contributed by atoms with Crippen LogP contribution in [0.25, 0.3) is 5.65 Å². The number of aromatic nitrogens is 3. The predicted octanol–water partition coefficient (Wildman–Crippen LogP) is 3.63. The first-order valence-corrected chi connectivity index (χ1v) is 7.89. The summed E-state index contributed by atoms with van der Waals surface area (Å²) in [7, 11) is 0. The van der Waals surface area contributed by atoms with Crippen molar-refractivity contribution >= 4 is 17.2 Å². The Morgan fingerprint density at radius 3 is 2.70 bits per heavy atom. The van der Waals surface area contributed by atoms with Crippen molar-refractivity contribution < 1.29 is 4.79 Å². The van der Waals surface area contributed by atoms with E-state index in [9.17, 15) is 4.79 Å². The fourth-order valence-electron chi connectivity index (χ4n) is 2.49. The van der Waals surface area contributed by atoms with Gasteiger partial charge in [-0.2, -0.15) is 0 Å². The standard InChI is InChI=1S/C18H20N4O/c1-3-4-5-14-6-8-16(9-7-14)19-18(23)15-10-11-22-13(2)20-21-17(22)12-15/h6-12H,3-5H2,1-2H3,(H,19,23). The number of unbranched alkanes of at least 4 members (excludes halogenated alkanes) is 1. The molecule has 5 heteroatoms. The van der Waals surface area contributed by atoms with Crippen molar-refractivity contribution in [3.63, 3.8) is 0 Å². The van der Waals surface area contributed by atoms with Gasteiger partial charge in [0.15, 0.2) is 5.65 Å². The summed E-state index contributed by atoms with van der Waals surface area (Å²) in [5.41, 5.74) is 3.34. The van der Waals surface area contributed by atoms with Crippen molar-refractivity contribution in [1.29, 1.82) is 0 Å². The predicted molar refractivity (Wildman–Crippen MR) is 90.7 cm³/mol. The Bertz CT molecular complexity index is 821. The number of fused-ring (bicyclic) bond motifs is 1. The van der Waals surface area contributed by atoms with Gasteiger partial charge in [-0.3, -0.25) is 9.20 Å². The van der Waals surface area contributed by atoms with Crippen molar-refractivity contribution in [2.24, 2.45) is 0 Å². The average molecular weight is 308 g/mol. The molecule has 1 amide bonds. The van der Waals surface area contributed by atoms with Gasteiger partial charge in [-0.15, -0.1) is 10.2 Å². The maximum atomic E-state index is 12.4. The molecule has 0 saturated carbocycles. The van der Waals surface area contributed by atoms with Gasteiger partial charge in [-0.1, -0.05) is 25.5 Å². The van der Waals surface area contributed by atoms with Gasteiger partial charge in [0.2, 0.25) is 0 Å². The Morgan fingerprint density at radius 2 is 1.96 bits per heavy atom. The van der Waals surface area contributed by atoms with Crippen LogP contribution in [0.1, 0.15) is 41.5 Å². The zero-order valence-corrected chi connectivity index (χ0v) is 13.4. The molecule has 0 bridgehead atoms. The van der Waals surface area contributed by atoms with Crippen LogP contribution in [-0.2, 0) is 6.42 Å². The number of hydrogen-bond acceptors (Lipinski definition) is 3. The van der Waals surface area contributed by atoms with Crippen LogP contribution in [0.15, 0.2) is 42.6 Å². The second-order valence-corrected chi connectivity index (χ2v) is 5.65. The molecule has 0 saturated heterocycles. The average Bonchev–Trinajstić information content (AvgIpc) is 2.95. The number of nitrogens with zero attached hydrogens (tertiary/aromatic N) is 3. The molecule has 3 aromatic rings. The first kappa shape index (κ1) is 15.2. The third-order valence-electron chi connectivity index (χ3n) is 3.87. The van der Waals surface area contributed by atoms with E-state index in [0.717, 1.165) is 17.9 Å². The van der Waals surface area contributed by atoms with Gasteiger partial charge in [0.1, 0.15) is 5.82 Å². The molecule has 0 unspecified atom stereocenters. The molecule has 0 aliphatic carbocycles. The minimum Gasteiger partial charge on any atom is -0.322 e. The number of hydrogen-bond donors (Lipinski definition) is 1. The van der Waals surface area contributed by atoms with E-state index >= 15 is 0 Å². The summed E-state index contributed by atoms with van der Waals surface area (Å²) in [5.74, 6) is 0.657. The first-order valence-electron chi connectivity index (χ1n) is 7.89. The number of anilines is 1. The van der Waals surface area contributed by atoms with Gasteiger partial charge < -0.3 is 5.32 Å².